The highest BCUT2D eigenvalue weighted by atomic mass is 16.6. The lowest BCUT2D eigenvalue weighted by molar-refractivity contribution is -0.385. The fourth-order valence-corrected chi connectivity index (χ4v) is 2.39. The molecule has 98 valence electrons. The molecule has 0 fully saturated rings. The van der Waals surface area contributed by atoms with Gasteiger partial charge in [-0.3, -0.25) is 15.1 Å². The molecule has 2 atom stereocenters. The van der Waals surface area contributed by atoms with E-state index in [0.717, 1.165) is 18.4 Å². The minimum absolute atomic E-state index is 0.0115. The molecule has 0 unspecified atom stereocenters. The quantitative estimate of drug-likeness (QED) is 0.272. The highest BCUT2D eigenvalue weighted by molar-refractivity contribution is 5.73. The number of pyridine rings is 1. The minimum Gasteiger partial charge on any atom is -0.258 e. The molecule has 0 aliphatic heterocycles. The average molecular weight is 259 g/mol. The van der Waals surface area contributed by atoms with Gasteiger partial charge in [0.15, 0.2) is 0 Å². The van der Waals surface area contributed by atoms with Gasteiger partial charge in [-0.15, -0.1) is 0 Å². The van der Waals surface area contributed by atoms with E-state index in [1.165, 1.54) is 12.4 Å². The highest BCUT2D eigenvalue weighted by Crippen LogP contribution is 2.35. The van der Waals surface area contributed by atoms with E-state index in [-0.39, 0.29) is 11.7 Å². The van der Waals surface area contributed by atoms with Crippen LogP contribution in [0.25, 0.3) is 16.0 Å². The zero-order chi connectivity index (χ0) is 13.8. The molecule has 2 rings (SSSR count). The summed E-state index contributed by atoms with van der Waals surface area (Å²) in [5, 5.41) is 14.7. The van der Waals surface area contributed by atoms with Gasteiger partial charge in [-0.1, -0.05) is 18.1 Å². The van der Waals surface area contributed by atoms with Crippen LogP contribution in [0, 0.1) is 16.0 Å². The largest absolute Gasteiger partial charge is 0.294 e. The van der Waals surface area contributed by atoms with Gasteiger partial charge in [0.1, 0.15) is 6.20 Å². The van der Waals surface area contributed by atoms with E-state index in [9.17, 15) is 10.1 Å². The Hall–Kier alpha value is -2.40. The summed E-state index contributed by atoms with van der Waals surface area (Å²) in [7, 11) is 0. The molecular formula is C12H13N5O2. The summed E-state index contributed by atoms with van der Waals surface area (Å²) in [4.78, 5) is 17.2. The Labute approximate surface area is 109 Å². The molecule has 19 heavy (non-hydrogen) atoms. The fourth-order valence-electron chi connectivity index (χ4n) is 2.39. The highest BCUT2D eigenvalue weighted by Gasteiger charge is 2.24. The molecule has 1 aliphatic carbocycles. The zero-order valence-electron chi connectivity index (χ0n) is 10.4. The van der Waals surface area contributed by atoms with E-state index in [4.69, 9.17) is 5.53 Å². The van der Waals surface area contributed by atoms with Crippen molar-refractivity contribution in [2.24, 2.45) is 11.0 Å². The van der Waals surface area contributed by atoms with Crippen LogP contribution < -0.4 is 0 Å². The summed E-state index contributed by atoms with van der Waals surface area (Å²) in [6.45, 7) is 2.04. The van der Waals surface area contributed by atoms with Crippen molar-refractivity contribution >= 4 is 11.3 Å². The Bertz CT molecular complexity index is 577. The second kappa shape index (κ2) is 5.49. The molecule has 0 amide bonds. The monoisotopic (exact) mass is 259 g/mol. The maximum absolute atomic E-state index is 11.0. The fraction of sp³-hybridized carbons (Fsp3) is 0.417. The van der Waals surface area contributed by atoms with Crippen molar-refractivity contribution < 1.29 is 4.92 Å². The number of allylic oxidation sites excluding steroid dienone is 1. The van der Waals surface area contributed by atoms with E-state index in [0.29, 0.717) is 11.5 Å². The number of nitrogens with zero attached hydrogens (tertiary/aromatic N) is 5. The molecular weight excluding hydrogens is 246 g/mol. The molecule has 0 saturated carbocycles. The van der Waals surface area contributed by atoms with Crippen molar-refractivity contribution in [3.05, 3.63) is 50.7 Å². The van der Waals surface area contributed by atoms with Gasteiger partial charge in [-0.05, 0) is 35.9 Å². The molecule has 1 aromatic heterocycles. The zero-order valence-corrected chi connectivity index (χ0v) is 10.4. The van der Waals surface area contributed by atoms with E-state index in [1.54, 1.807) is 6.07 Å². The Balaban J connectivity index is 2.45. The molecule has 7 nitrogen and oxygen atoms in total. The van der Waals surface area contributed by atoms with Gasteiger partial charge in [-0.2, -0.15) is 0 Å². The molecule has 0 saturated heterocycles. The van der Waals surface area contributed by atoms with Crippen LogP contribution >= 0.6 is 0 Å². The summed E-state index contributed by atoms with van der Waals surface area (Å²) in [6.07, 6.45) is 6.11. The predicted molar refractivity (Wildman–Crippen MR) is 70.2 cm³/mol. The molecule has 0 radical (unpaired) electrons. The van der Waals surface area contributed by atoms with E-state index in [1.807, 2.05) is 13.0 Å². The summed E-state index contributed by atoms with van der Waals surface area (Å²) >= 11 is 0. The molecule has 0 spiro atoms. The number of hydrogen-bond donors (Lipinski definition) is 0. The van der Waals surface area contributed by atoms with Crippen LogP contribution in [0.4, 0.5) is 5.69 Å². The maximum Gasteiger partial charge on any atom is 0.294 e. The SMILES string of the molecule is C[C@H]1CC(c2ccncc2[N+](=O)[O-])=C[C@@H](N=[N+]=[N-])C1. The van der Waals surface area contributed by atoms with Gasteiger partial charge in [0, 0.05) is 11.1 Å². The molecule has 0 N–H and O–H groups in total. The standard InChI is InChI=1S/C12H13N5O2/c1-8-4-9(6-10(5-8)15-16-13)11-2-3-14-7-12(11)17(18)19/h2-3,6-8,10H,4-5H2,1H3/t8-,10-/m0/s1. The van der Waals surface area contributed by atoms with Crippen LogP contribution in [0.2, 0.25) is 0 Å². The number of nitro groups is 1. The van der Waals surface area contributed by atoms with Gasteiger partial charge >= 0.3 is 0 Å². The van der Waals surface area contributed by atoms with Gasteiger partial charge in [0.25, 0.3) is 5.69 Å². The topological polar surface area (TPSA) is 105 Å². The maximum atomic E-state index is 11.0. The van der Waals surface area contributed by atoms with E-state index >= 15 is 0 Å². The van der Waals surface area contributed by atoms with Crippen molar-refractivity contribution in [2.75, 3.05) is 0 Å². The van der Waals surface area contributed by atoms with E-state index < -0.39 is 4.92 Å². The van der Waals surface area contributed by atoms with Crippen molar-refractivity contribution in [3.63, 3.8) is 0 Å². The molecule has 1 heterocycles. The third-order valence-electron chi connectivity index (χ3n) is 3.15. The average Bonchev–Trinajstić information content (AvgIpc) is 2.38. The first-order valence-corrected chi connectivity index (χ1v) is 5.95. The van der Waals surface area contributed by atoms with Crippen LogP contribution in [-0.2, 0) is 0 Å². The second-order valence-electron chi connectivity index (χ2n) is 4.66. The van der Waals surface area contributed by atoms with Crippen molar-refractivity contribution in [2.45, 2.75) is 25.8 Å². The molecule has 7 heteroatoms. The third-order valence-corrected chi connectivity index (χ3v) is 3.15. The van der Waals surface area contributed by atoms with Crippen LogP contribution in [0.15, 0.2) is 29.7 Å². The number of azide groups is 1. The molecule has 1 aromatic rings. The Morgan fingerprint density at radius 1 is 1.63 bits per heavy atom. The Morgan fingerprint density at radius 2 is 2.42 bits per heavy atom. The lowest BCUT2D eigenvalue weighted by Gasteiger charge is -2.23. The number of aromatic nitrogens is 1. The molecule has 1 aliphatic rings. The predicted octanol–water partition coefficient (Wildman–Crippen LogP) is 3.48. The Morgan fingerprint density at radius 3 is 3.11 bits per heavy atom. The third kappa shape index (κ3) is 2.89. The van der Waals surface area contributed by atoms with Crippen LogP contribution in [0.1, 0.15) is 25.3 Å². The first kappa shape index (κ1) is 13.0. The van der Waals surface area contributed by atoms with Crippen molar-refractivity contribution in [1.82, 2.24) is 4.98 Å². The van der Waals surface area contributed by atoms with Gasteiger partial charge in [0.2, 0.25) is 0 Å². The van der Waals surface area contributed by atoms with Crippen LogP contribution in [0.5, 0.6) is 0 Å². The number of rotatable bonds is 3. The first-order valence-electron chi connectivity index (χ1n) is 5.95. The molecule has 0 aromatic carbocycles. The first-order chi connectivity index (χ1) is 9.11. The van der Waals surface area contributed by atoms with Gasteiger partial charge < -0.3 is 0 Å². The summed E-state index contributed by atoms with van der Waals surface area (Å²) < 4.78 is 0. The number of hydrogen-bond acceptors (Lipinski definition) is 4. The second-order valence-corrected chi connectivity index (χ2v) is 4.66. The lowest BCUT2D eigenvalue weighted by atomic mass is 9.84. The van der Waals surface area contributed by atoms with Gasteiger partial charge in [0.05, 0.1) is 16.5 Å². The Kier molecular flexibility index (Phi) is 3.77. The van der Waals surface area contributed by atoms with Crippen molar-refractivity contribution in [1.29, 1.82) is 0 Å². The summed E-state index contributed by atoms with van der Waals surface area (Å²) in [5.41, 5.74) is 9.92. The van der Waals surface area contributed by atoms with Crippen LogP contribution in [0.3, 0.4) is 0 Å². The van der Waals surface area contributed by atoms with Gasteiger partial charge in [-0.25, -0.2) is 0 Å². The minimum atomic E-state index is -0.439. The lowest BCUT2D eigenvalue weighted by Crippen LogP contribution is -2.14. The normalized spacial score (nSPS) is 22.3. The smallest absolute Gasteiger partial charge is 0.258 e. The summed E-state index contributed by atoms with van der Waals surface area (Å²) in [5.74, 6) is 0.322. The van der Waals surface area contributed by atoms with E-state index in [2.05, 4.69) is 15.0 Å². The van der Waals surface area contributed by atoms with Crippen molar-refractivity contribution in [3.8, 4) is 0 Å². The van der Waals surface area contributed by atoms with Crippen LogP contribution in [-0.4, -0.2) is 15.9 Å². The molecule has 0 bridgehead atoms. The summed E-state index contributed by atoms with van der Waals surface area (Å²) in [6, 6.07) is 1.39.